The summed E-state index contributed by atoms with van der Waals surface area (Å²) in [7, 11) is -2.17. The smallest absolute Gasteiger partial charge is 0.444 e. The normalized spacial score (nSPS) is 10.2. The number of hydrogen-bond acceptors (Lipinski definition) is 5. The van der Waals surface area contributed by atoms with Crippen molar-refractivity contribution >= 4 is 13.4 Å². The van der Waals surface area contributed by atoms with E-state index in [1.807, 2.05) is 0 Å². The first-order valence-corrected chi connectivity index (χ1v) is 5.85. The van der Waals surface area contributed by atoms with E-state index in [9.17, 15) is 9.18 Å². The third-order valence-corrected chi connectivity index (χ3v) is 1.75. The van der Waals surface area contributed by atoms with Crippen molar-refractivity contribution in [3.8, 4) is 0 Å². The van der Waals surface area contributed by atoms with Crippen molar-refractivity contribution in [2.75, 3.05) is 0 Å². The van der Waals surface area contributed by atoms with Crippen molar-refractivity contribution in [3.05, 3.63) is 35.6 Å². The van der Waals surface area contributed by atoms with Crippen molar-refractivity contribution in [3.63, 3.8) is 0 Å². The number of alkyl carbamates (subject to hydrolysis) is 1. The van der Waals surface area contributed by atoms with E-state index in [1.54, 1.807) is 32.9 Å². The summed E-state index contributed by atoms with van der Waals surface area (Å²) in [6.45, 7) is 5.72. The number of amides is 1. The van der Waals surface area contributed by atoms with Crippen LogP contribution in [-0.2, 0) is 11.3 Å². The monoisotopic (exact) mass is 287 g/mol. The van der Waals surface area contributed by atoms with E-state index in [0.717, 1.165) is 5.56 Å². The summed E-state index contributed by atoms with van der Waals surface area (Å²) < 4.78 is 17.7. The van der Waals surface area contributed by atoms with Gasteiger partial charge in [0.2, 0.25) is 0 Å². The summed E-state index contributed by atoms with van der Waals surface area (Å²) in [5.74, 6) is -0.291. The molecule has 0 aliphatic carbocycles. The molecule has 8 heteroatoms. The number of rotatable bonds is 2. The van der Waals surface area contributed by atoms with E-state index in [0.29, 0.717) is 6.54 Å². The maximum Gasteiger partial charge on any atom is 0.631 e. The predicted octanol–water partition coefficient (Wildman–Crippen LogP) is 0.799. The first kappa shape index (κ1) is 18.4. The first-order chi connectivity index (χ1) is 9.10. The highest BCUT2D eigenvalue weighted by atomic mass is 19.1. The van der Waals surface area contributed by atoms with Crippen LogP contribution >= 0.6 is 0 Å². The molecule has 1 amide bonds. The van der Waals surface area contributed by atoms with Crippen molar-refractivity contribution < 1.29 is 29.0 Å². The largest absolute Gasteiger partial charge is 0.631 e. The Balaban J connectivity index is 0.000000796. The second-order valence-electron chi connectivity index (χ2n) is 4.83. The van der Waals surface area contributed by atoms with Crippen LogP contribution in [0.1, 0.15) is 26.3 Å². The van der Waals surface area contributed by atoms with Gasteiger partial charge in [0.05, 0.1) is 0 Å². The second kappa shape index (κ2) is 8.52. The van der Waals surface area contributed by atoms with Crippen LogP contribution in [0.4, 0.5) is 9.18 Å². The number of carbonyl (C=O) groups is 1. The van der Waals surface area contributed by atoms with Crippen LogP contribution in [0.3, 0.4) is 0 Å². The number of benzene rings is 1. The molecule has 1 aromatic rings. The van der Waals surface area contributed by atoms with Gasteiger partial charge in [0.15, 0.2) is 0 Å². The maximum absolute atomic E-state index is 12.6. The SMILES string of the molecule is CC(C)(C)OC(=O)NCc1ccc(F)cc1.OB(O)O. The number of nitrogens with one attached hydrogen (secondary N) is 1. The van der Waals surface area contributed by atoms with E-state index < -0.39 is 19.0 Å². The van der Waals surface area contributed by atoms with Gasteiger partial charge in [-0.05, 0) is 38.5 Å². The van der Waals surface area contributed by atoms with Crippen molar-refractivity contribution in [1.29, 1.82) is 0 Å². The molecule has 0 heterocycles. The molecular weight excluding hydrogens is 268 g/mol. The van der Waals surface area contributed by atoms with Crippen LogP contribution in [0.5, 0.6) is 0 Å². The van der Waals surface area contributed by atoms with Crippen LogP contribution in [-0.4, -0.2) is 34.1 Å². The molecule has 4 N–H and O–H groups in total. The van der Waals surface area contributed by atoms with E-state index in [4.69, 9.17) is 19.8 Å². The van der Waals surface area contributed by atoms with Gasteiger partial charge in [-0.3, -0.25) is 0 Å². The van der Waals surface area contributed by atoms with E-state index in [2.05, 4.69) is 5.32 Å². The topological polar surface area (TPSA) is 99.0 Å². The summed E-state index contributed by atoms with van der Waals surface area (Å²) in [6, 6.07) is 5.94. The Morgan fingerprint density at radius 3 is 2.10 bits per heavy atom. The molecule has 0 aliphatic heterocycles. The minimum Gasteiger partial charge on any atom is -0.444 e. The minimum absolute atomic E-state index is 0.291. The molecule has 0 atom stereocenters. The molecule has 0 spiro atoms. The van der Waals surface area contributed by atoms with Crippen LogP contribution in [0.25, 0.3) is 0 Å². The maximum atomic E-state index is 12.6. The molecule has 0 radical (unpaired) electrons. The van der Waals surface area contributed by atoms with Gasteiger partial charge >= 0.3 is 13.4 Å². The fourth-order valence-corrected chi connectivity index (χ4v) is 1.09. The third-order valence-electron chi connectivity index (χ3n) is 1.75. The van der Waals surface area contributed by atoms with E-state index in [1.165, 1.54) is 12.1 Å². The standard InChI is InChI=1S/C12H16FNO2.BH3O3/c1-12(2,3)16-11(15)14-8-9-4-6-10(13)7-5-9;2-1(3)4/h4-7H,8H2,1-3H3,(H,14,15);2-4H. The Bertz CT molecular complexity index is 403. The van der Waals surface area contributed by atoms with Gasteiger partial charge in [0.25, 0.3) is 0 Å². The molecule has 6 nitrogen and oxygen atoms in total. The van der Waals surface area contributed by atoms with Crippen LogP contribution in [0.15, 0.2) is 24.3 Å². The van der Waals surface area contributed by atoms with Gasteiger partial charge in [-0.1, -0.05) is 12.1 Å². The Hall–Kier alpha value is -1.64. The molecule has 0 fully saturated rings. The molecule has 1 rings (SSSR count). The molecule has 0 aliphatic rings. The first-order valence-electron chi connectivity index (χ1n) is 5.85. The van der Waals surface area contributed by atoms with Crippen LogP contribution in [0, 0.1) is 5.82 Å². The Labute approximate surface area is 117 Å². The molecule has 112 valence electrons. The van der Waals surface area contributed by atoms with Gasteiger partial charge in [-0.25, -0.2) is 9.18 Å². The average Bonchev–Trinajstić information content (AvgIpc) is 2.25. The van der Waals surface area contributed by atoms with Gasteiger partial charge in [-0.15, -0.1) is 0 Å². The zero-order chi connectivity index (χ0) is 15.8. The van der Waals surface area contributed by atoms with Crippen LogP contribution in [0.2, 0.25) is 0 Å². The van der Waals surface area contributed by atoms with Crippen molar-refractivity contribution in [2.24, 2.45) is 0 Å². The molecule has 1 aromatic carbocycles. The highest BCUT2D eigenvalue weighted by Gasteiger charge is 2.15. The highest BCUT2D eigenvalue weighted by Crippen LogP contribution is 2.07. The predicted molar refractivity (Wildman–Crippen MR) is 71.9 cm³/mol. The van der Waals surface area contributed by atoms with Crippen molar-refractivity contribution in [2.45, 2.75) is 32.9 Å². The number of hydrogen-bond donors (Lipinski definition) is 4. The quantitative estimate of drug-likeness (QED) is 0.603. The third kappa shape index (κ3) is 11.5. The lowest BCUT2D eigenvalue weighted by Crippen LogP contribution is -2.32. The molecule has 0 saturated heterocycles. The lowest BCUT2D eigenvalue weighted by Gasteiger charge is -2.19. The Morgan fingerprint density at radius 2 is 1.70 bits per heavy atom. The second-order valence-corrected chi connectivity index (χ2v) is 4.83. The zero-order valence-corrected chi connectivity index (χ0v) is 11.6. The lowest BCUT2D eigenvalue weighted by molar-refractivity contribution is 0.0523. The fourth-order valence-electron chi connectivity index (χ4n) is 1.09. The van der Waals surface area contributed by atoms with Crippen LogP contribution < -0.4 is 5.32 Å². The summed E-state index contributed by atoms with van der Waals surface area (Å²) in [6.07, 6.45) is -0.475. The summed E-state index contributed by atoms with van der Waals surface area (Å²) in [5.41, 5.74) is 0.319. The highest BCUT2D eigenvalue weighted by molar-refractivity contribution is 6.30. The van der Waals surface area contributed by atoms with Crippen molar-refractivity contribution in [1.82, 2.24) is 5.32 Å². The van der Waals surface area contributed by atoms with Gasteiger partial charge in [0.1, 0.15) is 11.4 Å². The number of carbonyl (C=O) groups excluding carboxylic acids is 1. The zero-order valence-electron chi connectivity index (χ0n) is 11.6. The lowest BCUT2D eigenvalue weighted by atomic mass is 10.2. The molecule has 0 saturated carbocycles. The number of halogens is 1. The summed E-state index contributed by atoms with van der Waals surface area (Å²) in [4.78, 5) is 11.3. The Kier molecular flexibility index (Phi) is 7.82. The van der Waals surface area contributed by atoms with E-state index in [-0.39, 0.29) is 5.82 Å². The van der Waals surface area contributed by atoms with E-state index >= 15 is 0 Å². The molecule has 20 heavy (non-hydrogen) atoms. The fraction of sp³-hybridized carbons (Fsp3) is 0.417. The molecule has 0 unspecified atom stereocenters. The molecule has 0 bridgehead atoms. The molecular formula is C12H19BFNO5. The Morgan fingerprint density at radius 1 is 1.25 bits per heavy atom. The summed E-state index contributed by atoms with van der Waals surface area (Å²) in [5, 5.41) is 24.1. The minimum atomic E-state index is -2.17. The van der Waals surface area contributed by atoms with Gasteiger partial charge < -0.3 is 25.1 Å². The summed E-state index contributed by atoms with van der Waals surface area (Å²) >= 11 is 0. The number of ether oxygens (including phenoxy) is 1. The molecule has 0 aromatic heterocycles. The average molecular weight is 287 g/mol. The van der Waals surface area contributed by atoms with Gasteiger partial charge in [-0.2, -0.15) is 0 Å². The van der Waals surface area contributed by atoms with Gasteiger partial charge in [0, 0.05) is 6.54 Å².